The van der Waals surface area contributed by atoms with E-state index in [1.54, 1.807) is 0 Å². The summed E-state index contributed by atoms with van der Waals surface area (Å²) >= 11 is 0. The van der Waals surface area contributed by atoms with Crippen LogP contribution in [0, 0.1) is 0 Å². The number of sulfonamides is 1. The molecule has 0 amide bonds. The third-order valence-electron chi connectivity index (χ3n) is 4.52. The maximum atomic E-state index is 13.4. The number of aryl methyl sites for hydroxylation is 1. The minimum Gasteiger partial charge on any atom is -0.395 e. The zero-order valence-corrected chi connectivity index (χ0v) is 16.5. The first-order valence-electron chi connectivity index (χ1n) is 8.86. The molecule has 0 spiro atoms. The molecule has 2 aromatic rings. The zero-order valence-electron chi connectivity index (χ0n) is 15.7. The van der Waals surface area contributed by atoms with E-state index in [4.69, 9.17) is 0 Å². The van der Waals surface area contributed by atoms with Gasteiger partial charge in [0.15, 0.2) is 0 Å². The minimum absolute atomic E-state index is 0.0153. The molecular weight excluding hydrogens is 397 g/mol. The van der Waals surface area contributed by atoms with E-state index >= 15 is 0 Å². The van der Waals surface area contributed by atoms with Crippen molar-refractivity contribution in [3.8, 4) is 0 Å². The molecular formula is C18H23F3N2O4S. The van der Waals surface area contributed by atoms with E-state index in [0.717, 1.165) is 27.8 Å². The molecule has 0 saturated carbocycles. The van der Waals surface area contributed by atoms with Crippen molar-refractivity contribution in [2.75, 3.05) is 19.7 Å². The Morgan fingerprint density at radius 2 is 1.82 bits per heavy atom. The van der Waals surface area contributed by atoms with Gasteiger partial charge in [-0.25, -0.2) is 8.42 Å². The van der Waals surface area contributed by atoms with Crippen LogP contribution in [-0.2, 0) is 23.2 Å². The lowest BCUT2D eigenvalue weighted by Crippen LogP contribution is -2.34. The van der Waals surface area contributed by atoms with Gasteiger partial charge in [-0.2, -0.15) is 17.5 Å². The third-order valence-corrected chi connectivity index (χ3v) is 6.42. The highest BCUT2D eigenvalue weighted by atomic mass is 32.2. The molecule has 0 aliphatic heterocycles. The van der Waals surface area contributed by atoms with E-state index in [1.165, 1.54) is 19.2 Å². The molecule has 1 aromatic carbocycles. The number of pyridine rings is 1. The molecule has 6 nitrogen and oxygen atoms in total. The highest BCUT2D eigenvalue weighted by Gasteiger charge is 2.34. The number of aliphatic hydroxyl groups is 1. The first-order chi connectivity index (χ1) is 13.0. The van der Waals surface area contributed by atoms with Crippen LogP contribution in [0.4, 0.5) is 13.2 Å². The summed E-state index contributed by atoms with van der Waals surface area (Å²) < 4.78 is 68.2. The molecule has 0 bridgehead atoms. The largest absolute Gasteiger partial charge is 0.417 e. The van der Waals surface area contributed by atoms with Crippen molar-refractivity contribution in [1.29, 1.82) is 0 Å². The van der Waals surface area contributed by atoms with E-state index in [0.29, 0.717) is 12.5 Å². The van der Waals surface area contributed by atoms with Crippen LogP contribution in [0.2, 0.25) is 0 Å². The second kappa shape index (κ2) is 8.62. The number of nitrogens with zero attached hydrogens (tertiary/aromatic N) is 2. The maximum absolute atomic E-state index is 13.4. The van der Waals surface area contributed by atoms with Crippen molar-refractivity contribution in [3.63, 3.8) is 0 Å². The Bertz CT molecular complexity index is 1000. The molecule has 2 rings (SSSR count). The summed E-state index contributed by atoms with van der Waals surface area (Å²) in [5.74, 6) is 0. The average molecular weight is 420 g/mol. The molecule has 0 saturated heterocycles. The highest BCUT2D eigenvalue weighted by Crippen LogP contribution is 2.35. The number of rotatable bonds is 8. The van der Waals surface area contributed by atoms with Crippen LogP contribution in [0.15, 0.2) is 34.0 Å². The monoisotopic (exact) mass is 420 g/mol. The standard InChI is InChI=1S/C18H23F3N2O4S/c1-3-4-5-8-23(9-10-24)28(26,27)13-6-7-16-14(11-13)15(18(19,20)21)12-17(25)22(16)2/h6-7,11-12,24H,3-5,8-10H2,1-2H3. The van der Waals surface area contributed by atoms with Crippen molar-refractivity contribution >= 4 is 20.9 Å². The van der Waals surface area contributed by atoms with Gasteiger partial charge in [0.1, 0.15) is 0 Å². The zero-order chi connectivity index (χ0) is 21.1. The van der Waals surface area contributed by atoms with Crippen molar-refractivity contribution < 1.29 is 26.7 Å². The Balaban J connectivity index is 2.63. The number of hydrogen-bond donors (Lipinski definition) is 1. The average Bonchev–Trinajstić information content (AvgIpc) is 2.62. The SMILES string of the molecule is CCCCCN(CCO)S(=O)(=O)c1ccc2c(c1)c(C(F)(F)F)cc(=O)n2C. The van der Waals surface area contributed by atoms with Gasteiger partial charge in [-0.05, 0) is 24.6 Å². The molecule has 28 heavy (non-hydrogen) atoms. The predicted octanol–water partition coefficient (Wildman–Crippen LogP) is 2.73. The Morgan fingerprint density at radius 3 is 2.39 bits per heavy atom. The fraction of sp³-hybridized carbons (Fsp3) is 0.500. The Labute approximate surface area is 161 Å². The van der Waals surface area contributed by atoms with Gasteiger partial charge >= 0.3 is 6.18 Å². The fourth-order valence-corrected chi connectivity index (χ4v) is 4.48. The lowest BCUT2D eigenvalue weighted by atomic mass is 10.1. The van der Waals surface area contributed by atoms with Gasteiger partial charge in [0.25, 0.3) is 5.56 Å². The minimum atomic E-state index is -4.81. The van der Waals surface area contributed by atoms with Gasteiger partial charge in [0.05, 0.1) is 22.6 Å². The van der Waals surface area contributed by atoms with Crippen LogP contribution < -0.4 is 5.56 Å². The van der Waals surface area contributed by atoms with Gasteiger partial charge in [-0.1, -0.05) is 19.8 Å². The van der Waals surface area contributed by atoms with Crippen LogP contribution >= 0.6 is 0 Å². The normalized spacial score (nSPS) is 12.8. The lowest BCUT2D eigenvalue weighted by molar-refractivity contribution is -0.136. The first kappa shape index (κ1) is 22.4. The summed E-state index contributed by atoms with van der Waals surface area (Å²) in [7, 11) is -2.78. The van der Waals surface area contributed by atoms with Gasteiger partial charge in [0.2, 0.25) is 10.0 Å². The topological polar surface area (TPSA) is 79.6 Å². The quantitative estimate of drug-likeness (QED) is 0.666. The molecule has 0 radical (unpaired) electrons. The summed E-state index contributed by atoms with van der Waals surface area (Å²) in [4.78, 5) is 11.5. The summed E-state index contributed by atoms with van der Waals surface area (Å²) in [5.41, 5.74) is -2.03. The molecule has 0 aliphatic carbocycles. The second-order valence-electron chi connectivity index (χ2n) is 6.47. The first-order valence-corrected chi connectivity index (χ1v) is 10.3. The van der Waals surface area contributed by atoms with E-state index in [2.05, 4.69) is 0 Å². The summed E-state index contributed by atoms with van der Waals surface area (Å²) in [6.45, 7) is 1.57. The van der Waals surface area contributed by atoms with Gasteiger partial charge < -0.3 is 9.67 Å². The van der Waals surface area contributed by atoms with Gasteiger partial charge in [-0.3, -0.25) is 4.79 Å². The van der Waals surface area contributed by atoms with Crippen LogP contribution in [0.5, 0.6) is 0 Å². The van der Waals surface area contributed by atoms with E-state index < -0.39 is 33.9 Å². The van der Waals surface area contributed by atoms with Crippen molar-refractivity contribution in [2.24, 2.45) is 7.05 Å². The van der Waals surface area contributed by atoms with E-state index in [1.807, 2.05) is 6.92 Å². The molecule has 1 heterocycles. The smallest absolute Gasteiger partial charge is 0.395 e. The van der Waals surface area contributed by atoms with Crippen LogP contribution in [-0.4, -0.2) is 42.1 Å². The predicted molar refractivity (Wildman–Crippen MR) is 99.6 cm³/mol. The summed E-state index contributed by atoms with van der Waals surface area (Å²) in [6.07, 6.45) is -2.58. The molecule has 1 N–H and O–H groups in total. The molecule has 1 aromatic heterocycles. The highest BCUT2D eigenvalue weighted by molar-refractivity contribution is 7.89. The Kier molecular flexibility index (Phi) is 6.89. The molecule has 0 fully saturated rings. The fourth-order valence-electron chi connectivity index (χ4n) is 2.99. The summed E-state index contributed by atoms with van der Waals surface area (Å²) in [5, 5.41) is 8.83. The van der Waals surface area contributed by atoms with Crippen molar-refractivity contribution in [2.45, 2.75) is 37.3 Å². The lowest BCUT2D eigenvalue weighted by Gasteiger charge is -2.22. The van der Waals surface area contributed by atoms with Crippen LogP contribution in [0.25, 0.3) is 10.9 Å². The molecule has 10 heteroatoms. The van der Waals surface area contributed by atoms with Crippen LogP contribution in [0.1, 0.15) is 31.7 Å². The van der Waals surface area contributed by atoms with Gasteiger partial charge in [-0.15, -0.1) is 0 Å². The molecule has 156 valence electrons. The number of unbranched alkanes of at least 4 members (excludes halogenated alkanes) is 2. The number of aromatic nitrogens is 1. The second-order valence-corrected chi connectivity index (χ2v) is 8.40. The van der Waals surface area contributed by atoms with E-state index in [-0.39, 0.29) is 28.9 Å². The Morgan fingerprint density at radius 1 is 1.14 bits per heavy atom. The molecule has 0 aliphatic rings. The number of alkyl halides is 3. The Hall–Kier alpha value is -1.91. The van der Waals surface area contributed by atoms with E-state index in [9.17, 15) is 31.5 Å². The maximum Gasteiger partial charge on any atom is 0.417 e. The van der Waals surface area contributed by atoms with Gasteiger partial charge in [0, 0.05) is 31.6 Å². The third kappa shape index (κ3) is 4.56. The summed E-state index contributed by atoms with van der Waals surface area (Å²) in [6, 6.07) is 3.78. The van der Waals surface area contributed by atoms with Crippen LogP contribution in [0.3, 0.4) is 0 Å². The number of halogens is 3. The van der Waals surface area contributed by atoms with Crippen molar-refractivity contribution in [3.05, 3.63) is 40.2 Å². The van der Waals surface area contributed by atoms with Crippen molar-refractivity contribution in [1.82, 2.24) is 8.87 Å². The molecule has 0 unspecified atom stereocenters. The number of hydrogen-bond acceptors (Lipinski definition) is 4. The number of benzene rings is 1. The number of fused-ring (bicyclic) bond motifs is 1. The molecule has 0 atom stereocenters. The number of aliphatic hydroxyl groups excluding tert-OH is 1.